The summed E-state index contributed by atoms with van der Waals surface area (Å²) < 4.78 is 6.44. The molecule has 1 N–H and O–H groups in total. The third-order valence-electron chi connectivity index (χ3n) is 0.183. The molecule has 0 radical (unpaired) electrons. The van der Waals surface area contributed by atoms with Crippen LogP contribution < -0.4 is 5.47 Å². The van der Waals surface area contributed by atoms with Crippen molar-refractivity contribution in [1.29, 1.82) is 0 Å². The Morgan fingerprint density at radius 1 is 2.25 bits per heavy atom. The molecule has 26 valence electrons. The van der Waals surface area contributed by atoms with E-state index in [2.05, 4.69) is 4.84 Å². The summed E-state index contributed by atoms with van der Waals surface area (Å²) in [5, 5.41) is 0. The van der Waals surface area contributed by atoms with Crippen LogP contribution in [0, 0.1) is 0 Å². The summed E-state index contributed by atoms with van der Waals surface area (Å²) in [5.74, 6) is 0. The summed E-state index contributed by atoms with van der Waals surface area (Å²) in [5.41, 5.74) is 0.875. The lowest BCUT2D eigenvalue weighted by molar-refractivity contribution is 0.112. The lowest BCUT2D eigenvalue weighted by Gasteiger charge is -1.80. The van der Waals surface area contributed by atoms with Gasteiger partial charge in [-0.25, -0.2) is 5.47 Å². The smallest absolute Gasteiger partial charge is 0.154 e. The monoisotopic (exact) mass is 62.1 g/mol. The summed E-state index contributed by atoms with van der Waals surface area (Å²) in [6.07, 6.45) is 0. The fraction of sp³-hybridized carbons (Fsp3) is 1.00. The fourth-order valence-electron chi connectivity index (χ4n) is 0. The van der Waals surface area contributed by atoms with Gasteiger partial charge in [0.25, 0.3) is 0 Å². The summed E-state index contributed by atoms with van der Waals surface area (Å²) >= 11 is 0. The molecule has 2 nitrogen and oxygen atoms in total. The Kier molecular flexibility index (Phi) is 1.59. The topological polar surface area (TPSA) is 21.3 Å². The van der Waals surface area contributed by atoms with Crippen LogP contribution in [0.5, 0.6) is 0 Å². The number of hydrogen-bond acceptors (Lipinski definition) is 2. The molecule has 0 heterocycles. The van der Waals surface area contributed by atoms with Crippen LogP contribution in [0.3, 0.4) is 0 Å². The minimum Gasteiger partial charge on any atom is -0.305 e. The zero-order valence-corrected chi connectivity index (χ0v) is 2.86. The van der Waals surface area contributed by atoms with Crippen molar-refractivity contribution >= 4 is 0 Å². The highest BCUT2D eigenvalue weighted by Crippen LogP contribution is 1.32. The quantitative estimate of drug-likeness (QED) is 0.423. The molecule has 0 saturated carbocycles. The molecule has 0 saturated heterocycles. The minimum absolute atomic E-state index is 0.875. The molecule has 2 heteroatoms. The van der Waals surface area contributed by atoms with E-state index in [1.807, 2.05) is 0 Å². The van der Waals surface area contributed by atoms with E-state index in [0.717, 1.165) is 5.47 Å². The summed E-state index contributed by atoms with van der Waals surface area (Å²) in [4.78, 5) is 4.25. The lowest BCUT2D eigenvalue weighted by atomic mass is 11.5. The average molecular weight is 62.1 g/mol. The number of rotatable bonds is 1. The molecular weight excluding hydrogens is 54.0 g/mol. The van der Waals surface area contributed by atoms with Crippen LogP contribution in [0.4, 0.5) is 0 Å². The van der Waals surface area contributed by atoms with Gasteiger partial charge in [0, 0.05) is 7.05 Å². The molecule has 0 atom stereocenters. The van der Waals surface area contributed by atoms with Crippen molar-refractivity contribution in [3.63, 3.8) is 0 Å². The van der Waals surface area contributed by atoms with E-state index >= 15 is 0 Å². The van der Waals surface area contributed by atoms with Crippen molar-refractivity contribution in [2.75, 3.05) is 14.2 Å². The molecule has 0 aromatic heterocycles. The second kappa shape index (κ2) is 2.92. The van der Waals surface area contributed by atoms with Crippen molar-refractivity contribution in [3.05, 3.63) is 0 Å². The van der Waals surface area contributed by atoms with Crippen molar-refractivity contribution in [2.24, 2.45) is 0 Å². The molecule has 0 aliphatic heterocycles. The Hall–Kier alpha value is -0.0800. The largest absolute Gasteiger partial charge is 0.305 e. The molecule has 0 aliphatic rings. The Labute approximate surface area is 27.2 Å². The van der Waals surface area contributed by atoms with Gasteiger partial charge in [-0.15, -0.1) is 0 Å². The van der Waals surface area contributed by atoms with Gasteiger partial charge in [0.15, 0.2) is 1.41 Å². The first-order valence-electron chi connectivity index (χ1n) is 1.49. The number of hydrogen-bond donors (Lipinski definition) is 1. The highest BCUT2D eigenvalue weighted by molar-refractivity contribution is 3.76. The first kappa shape index (κ1) is 2.18. The van der Waals surface area contributed by atoms with Gasteiger partial charge in [0.2, 0.25) is 0 Å². The van der Waals surface area contributed by atoms with Crippen LogP contribution >= 0.6 is 0 Å². The van der Waals surface area contributed by atoms with Crippen molar-refractivity contribution in [3.8, 4) is 0 Å². The molecule has 4 heavy (non-hydrogen) atoms. The van der Waals surface area contributed by atoms with E-state index in [0.29, 0.717) is 0 Å². The third-order valence-corrected chi connectivity index (χ3v) is 0.183. The second-order valence-electron chi connectivity index (χ2n) is 0.365. The Morgan fingerprint density at radius 3 is 2.50 bits per heavy atom. The molecule has 0 amide bonds. The van der Waals surface area contributed by atoms with Crippen LogP contribution in [0.15, 0.2) is 0 Å². The van der Waals surface area contributed by atoms with Crippen LogP contribution in [0.1, 0.15) is 0 Å². The molecule has 0 rings (SSSR count). The van der Waals surface area contributed by atoms with Crippen molar-refractivity contribution in [1.82, 2.24) is 5.47 Å². The predicted molar refractivity (Wildman–Crippen MR) is 16.1 cm³/mol. The first-order valence-corrected chi connectivity index (χ1v) is 1.04. The summed E-state index contributed by atoms with van der Waals surface area (Å²) in [6, 6.07) is 0. The van der Waals surface area contributed by atoms with E-state index in [4.69, 9.17) is 1.41 Å². The third kappa shape index (κ3) is 1.92. The SMILES string of the molecule is [2H]N(C)OC. The molecule has 0 bridgehead atoms. The maximum absolute atomic E-state index is 6.44. The second-order valence-corrected chi connectivity index (χ2v) is 0.365. The lowest BCUT2D eigenvalue weighted by Crippen LogP contribution is -2.00. The Balaban J connectivity index is 2.54. The van der Waals surface area contributed by atoms with E-state index in [1.54, 1.807) is 0 Å². The molecule has 0 unspecified atom stereocenters. The van der Waals surface area contributed by atoms with Gasteiger partial charge in [0.05, 0.1) is 7.11 Å². The molecule has 0 aliphatic carbocycles. The van der Waals surface area contributed by atoms with E-state index in [-0.39, 0.29) is 0 Å². The Bertz CT molecular complexity index is 23.6. The normalized spacial score (nSPS) is 12.2. The van der Waals surface area contributed by atoms with Gasteiger partial charge in [0.1, 0.15) is 0 Å². The van der Waals surface area contributed by atoms with Crippen LogP contribution in [-0.2, 0) is 4.84 Å². The summed E-state index contributed by atoms with van der Waals surface area (Å²) in [7, 11) is 2.94. The van der Waals surface area contributed by atoms with E-state index < -0.39 is 0 Å². The number of hydroxylamine groups is 1. The maximum Gasteiger partial charge on any atom is 0.154 e. The summed E-state index contributed by atoms with van der Waals surface area (Å²) in [6.45, 7) is 0. The Morgan fingerprint density at radius 2 is 2.50 bits per heavy atom. The number of nitrogens with one attached hydrogen (secondary N) is 1. The highest BCUT2D eigenvalue weighted by Gasteiger charge is 1.45. The molecular formula is C2H7NO. The van der Waals surface area contributed by atoms with E-state index in [9.17, 15) is 0 Å². The van der Waals surface area contributed by atoms with Crippen LogP contribution in [0.2, 0.25) is 1.41 Å². The van der Waals surface area contributed by atoms with Crippen molar-refractivity contribution in [2.45, 2.75) is 0 Å². The van der Waals surface area contributed by atoms with Crippen LogP contribution in [0.25, 0.3) is 0 Å². The van der Waals surface area contributed by atoms with Crippen LogP contribution in [-0.4, -0.2) is 14.2 Å². The minimum atomic E-state index is 0.875. The zero-order chi connectivity index (χ0) is 4.28. The highest BCUT2D eigenvalue weighted by atomic mass is 16.6. The molecule has 0 aromatic carbocycles. The standard InChI is InChI=1S/C2H7NO/c1-3-4-2/h3H,1-2H3/i/hD. The van der Waals surface area contributed by atoms with Gasteiger partial charge >= 0.3 is 0 Å². The fourth-order valence-corrected chi connectivity index (χ4v) is 0. The van der Waals surface area contributed by atoms with E-state index in [1.165, 1.54) is 14.2 Å². The maximum atomic E-state index is 6.44. The van der Waals surface area contributed by atoms with Gasteiger partial charge in [-0.2, -0.15) is 0 Å². The van der Waals surface area contributed by atoms with Gasteiger partial charge < -0.3 is 4.84 Å². The first-order chi connectivity index (χ1) is 2.27. The molecule has 0 spiro atoms. The van der Waals surface area contributed by atoms with Crippen molar-refractivity contribution < 1.29 is 6.25 Å². The molecule has 0 fully saturated rings. The zero-order valence-electron chi connectivity index (χ0n) is 3.86. The van der Waals surface area contributed by atoms with Gasteiger partial charge in [-0.3, -0.25) is 0 Å². The average Bonchev–Trinajstić information content (AvgIpc) is 1.38. The molecule has 0 aromatic rings. The van der Waals surface area contributed by atoms with Gasteiger partial charge in [-0.05, 0) is 0 Å². The van der Waals surface area contributed by atoms with Gasteiger partial charge in [-0.1, -0.05) is 0 Å². The predicted octanol–water partition coefficient (Wildman–Crippen LogP) is -0.233.